The monoisotopic (exact) mass is 363 g/mol. The van der Waals surface area contributed by atoms with Gasteiger partial charge in [0.15, 0.2) is 0 Å². The van der Waals surface area contributed by atoms with Crippen LogP contribution in [0.25, 0.3) is 11.0 Å². The largest absolute Gasteiger partial charge is 0.328 e. The lowest BCUT2D eigenvalue weighted by atomic mass is 10.3. The zero-order valence-corrected chi connectivity index (χ0v) is 15.1. The fraction of sp³-hybridized carbons (Fsp3) is 0.188. The number of nitrogens with one attached hydrogen (secondary N) is 1. The third-order valence-electron chi connectivity index (χ3n) is 3.88. The smallest absolute Gasteiger partial charge is 0.295 e. The SMILES string of the molecule is CSc1cccc(NS(=O)(=O)c2ccc3c(c2)n(C)c(=O)n3C)c1. The highest BCUT2D eigenvalue weighted by molar-refractivity contribution is 7.98. The zero-order chi connectivity index (χ0) is 17.5. The summed E-state index contributed by atoms with van der Waals surface area (Å²) in [6.07, 6.45) is 1.93. The Morgan fingerprint density at radius 2 is 1.71 bits per heavy atom. The minimum Gasteiger partial charge on any atom is -0.295 e. The van der Waals surface area contributed by atoms with E-state index in [0.717, 1.165) is 4.90 Å². The molecule has 1 aromatic heterocycles. The molecule has 1 N–H and O–H groups in total. The number of aromatic nitrogens is 2. The summed E-state index contributed by atoms with van der Waals surface area (Å²) in [6.45, 7) is 0. The Morgan fingerprint density at radius 1 is 1.00 bits per heavy atom. The average molecular weight is 363 g/mol. The van der Waals surface area contributed by atoms with Crippen molar-refractivity contribution in [3.8, 4) is 0 Å². The van der Waals surface area contributed by atoms with E-state index in [1.165, 1.54) is 33.0 Å². The summed E-state index contributed by atoms with van der Waals surface area (Å²) < 4.78 is 30.8. The highest BCUT2D eigenvalue weighted by Gasteiger charge is 2.17. The summed E-state index contributed by atoms with van der Waals surface area (Å²) >= 11 is 1.54. The lowest BCUT2D eigenvalue weighted by Crippen LogP contribution is -2.19. The molecule has 6 nitrogen and oxygen atoms in total. The third-order valence-corrected chi connectivity index (χ3v) is 5.98. The van der Waals surface area contributed by atoms with Gasteiger partial charge in [-0.1, -0.05) is 6.07 Å². The molecule has 0 saturated carbocycles. The van der Waals surface area contributed by atoms with Gasteiger partial charge in [0.05, 0.1) is 15.9 Å². The maximum absolute atomic E-state index is 12.6. The van der Waals surface area contributed by atoms with Gasteiger partial charge in [-0.3, -0.25) is 13.9 Å². The molecule has 126 valence electrons. The Bertz CT molecular complexity index is 1080. The Hall–Kier alpha value is -2.19. The van der Waals surface area contributed by atoms with E-state index >= 15 is 0 Å². The van der Waals surface area contributed by atoms with Gasteiger partial charge in [0.25, 0.3) is 10.0 Å². The van der Waals surface area contributed by atoms with Crippen molar-refractivity contribution in [2.75, 3.05) is 11.0 Å². The third kappa shape index (κ3) is 2.83. The zero-order valence-electron chi connectivity index (χ0n) is 13.5. The molecule has 0 unspecified atom stereocenters. The molecule has 0 fully saturated rings. The van der Waals surface area contributed by atoms with Crippen LogP contribution in [-0.2, 0) is 24.1 Å². The minimum absolute atomic E-state index is 0.116. The molecule has 1 heterocycles. The van der Waals surface area contributed by atoms with Crippen LogP contribution in [0.4, 0.5) is 5.69 Å². The molecule has 0 aliphatic heterocycles. The number of aryl methyl sites for hydroxylation is 2. The maximum atomic E-state index is 12.6. The number of thioether (sulfide) groups is 1. The van der Waals surface area contributed by atoms with Crippen molar-refractivity contribution in [2.24, 2.45) is 14.1 Å². The quantitative estimate of drug-likeness (QED) is 0.723. The first kappa shape index (κ1) is 16.7. The molecule has 0 spiro atoms. The normalized spacial score (nSPS) is 11.8. The summed E-state index contributed by atoms with van der Waals surface area (Å²) in [6, 6.07) is 11.8. The van der Waals surface area contributed by atoms with E-state index in [1.807, 2.05) is 12.3 Å². The average Bonchev–Trinajstić information content (AvgIpc) is 2.79. The number of sulfonamides is 1. The Morgan fingerprint density at radius 3 is 2.42 bits per heavy atom. The maximum Gasteiger partial charge on any atom is 0.328 e. The summed E-state index contributed by atoms with van der Waals surface area (Å²) in [5, 5.41) is 0. The van der Waals surface area contributed by atoms with Gasteiger partial charge in [0, 0.05) is 24.7 Å². The summed E-state index contributed by atoms with van der Waals surface area (Å²) in [5.74, 6) is 0. The molecule has 0 radical (unpaired) electrons. The van der Waals surface area contributed by atoms with E-state index in [1.54, 1.807) is 38.4 Å². The van der Waals surface area contributed by atoms with Gasteiger partial charge in [0.2, 0.25) is 0 Å². The molecule has 8 heteroatoms. The number of hydrogen-bond acceptors (Lipinski definition) is 4. The molecule has 3 rings (SSSR count). The van der Waals surface area contributed by atoms with E-state index in [4.69, 9.17) is 0 Å². The van der Waals surface area contributed by atoms with Crippen molar-refractivity contribution >= 4 is 38.5 Å². The van der Waals surface area contributed by atoms with E-state index in [0.29, 0.717) is 16.7 Å². The van der Waals surface area contributed by atoms with Gasteiger partial charge >= 0.3 is 5.69 Å². The second-order valence-corrected chi connectivity index (χ2v) is 7.95. The number of fused-ring (bicyclic) bond motifs is 1. The van der Waals surface area contributed by atoms with Crippen molar-refractivity contribution in [3.63, 3.8) is 0 Å². The number of imidazole rings is 1. The Labute approximate surface area is 144 Å². The number of rotatable bonds is 4. The van der Waals surface area contributed by atoms with Crippen molar-refractivity contribution in [1.29, 1.82) is 0 Å². The first-order valence-electron chi connectivity index (χ1n) is 7.16. The highest BCUT2D eigenvalue weighted by atomic mass is 32.2. The molecule has 2 aromatic carbocycles. The van der Waals surface area contributed by atoms with Gasteiger partial charge in [-0.25, -0.2) is 13.2 Å². The van der Waals surface area contributed by atoms with Crippen LogP contribution in [0.5, 0.6) is 0 Å². The van der Waals surface area contributed by atoms with Crippen molar-refractivity contribution in [2.45, 2.75) is 9.79 Å². The Balaban J connectivity index is 2.05. The fourth-order valence-corrected chi connectivity index (χ4v) is 4.08. The van der Waals surface area contributed by atoms with E-state index in [2.05, 4.69) is 4.72 Å². The van der Waals surface area contributed by atoms with Gasteiger partial charge in [0.1, 0.15) is 0 Å². The lowest BCUT2D eigenvalue weighted by molar-refractivity contribution is 0.601. The van der Waals surface area contributed by atoms with Crippen LogP contribution < -0.4 is 10.4 Å². The van der Waals surface area contributed by atoms with Crippen LogP contribution in [0.2, 0.25) is 0 Å². The lowest BCUT2D eigenvalue weighted by Gasteiger charge is -2.09. The first-order valence-corrected chi connectivity index (χ1v) is 9.86. The predicted molar refractivity (Wildman–Crippen MR) is 97.2 cm³/mol. The van der Waals surface area contributed by atoms with Crippen LogP contribution in [0.15, 0.2) is 57.1 Å². The van der Waals surface area contributed by atoms with E-state index in [-0.39, 0.29) is 10.6 Å². The molecule has 0 bridgehead atoms. The molecule has 0 aliphatic rings. The van der Waals surface area contributed by atoms with Crippen molar-refractivity contribution in [3.05, 3.63) is 52.9 Å². The summed E-state index contributed by atoms with van der Waals surface area (Å²) in [4.78, 5) is 13.1. The molecular formula is C16H17N3O3S2. The topological polar surface area (TPSA) is 73.1 Å². The molecule has 0 saturated heterocycles. The number of benzene rings is 2. The summed E-state index contributed by atoms with van der Waals surface area (Å²) in [5.41, 5.74) is 1.57. The summed E-state index contributed by atoms with van der Waals surface area (Å²) in [7, 11) is -0.455. The minimum atomic E-state index is -3.73. The standard InChI is InChI=1S/C16H17N3O3S2/c1-18-14-8-7-13(10-15(14)19(2)16(18)20)24(21,22)17-11-5-4-6-12(9-11)23-3/h4-10,17H,1-3H3. The van der Waals surface area contributed by atoms with Crippen LogP contribution in [0.3, 0.4) is 0 Å². The molecule has 0 atom stereocenters. The number of nitrogens with zero attached hydrogens (tertiary/aromatic N) is 2. The first-order chi connectivity index (χ1) is 11.3. The molecule has 0 aliphatic carbocycles. The van der Waals surface area contributed by atoms with Crippen LogP contribution in [-0.4, -0.2) is 23.8 Å². The van der Waals surface area contributed by atoms with Crippen molar-refractivity contribution < 1.29 is 8.42 Å². The van der Waals surface area contributed by atoms with E-state index < -0.39 is 10.0 Å². The van der Waals surface area contributed by atoms with Gasteiger partial charge in [-0.15, -0.1) is 11.8 Å². The molecule has 0 amide bonds. The molecule has 3 aromatic rings. The number of anilines is 1. The van der Waals surface area contributed by atoms with Gasteiger partial charge in [-0.05, 0) is 42.7 Å². The second-order valence-electron chi connectivity index (χ2n) is 5.39. The van der Waals surface area contributed by atoms with Gasteiger partial charge < -0.3 is 0 Å². The predicted octanol–water partition coefficient (Wildman–Crippen LogP) is 2.40. The van der Waals surface area contributed by atoms with Crippen molar-refractivity contribution in [1.82, 2.24) is 9.13 Å². The van der Waals surface area contributed by atoms with Crippen LogP contribution in [0.1, 0.15) is 0 Å². The van der Waals surface area contributed by atoms with Crippen LogP contribution >= 0.6 is 11.8 Å². The second kappa shape index (κ2) is 6.03. The van der Waals surface area contributed by atoms with Crippen LogP contribution in [0, 0.1) is 0 Å². The number of hydrogen-bond donors (Lipinski definition) is 1. The highest BCUT2D eigenvalue weighted by Crippen LogP contribution is 2.23. The van der Waals surface area contributed by atoms with Gasteiger partial charge in [-0.2, -0.15) is 0 Å². The fourth-order valence-electron chi connectivity index (χ4n) is 2.55. The van der Waals surface area contributed by atoms with E-state index in [9.17, 15) is 13.2 Å². The Kier molecular flexibility index (Phi) is 4.18. The molecular weight excluding hydrogens is 346 g/mol. The molecule has 24 heavy (non-hydrogen) atoms.